The van der Waals surface area contributed by atoms with Gasteiger partial charge in [0.25, 0.3) is 0 Å². The van der Waals surface area contributed by atoms with E-state index in [2.05, 4.69) is 38.2 Å². The normalized spacial score (nSPS) is 20.7. The van der Waals surface area contributed by atoms with Gasteiger partial charge in [-0.2, -0.15) is 0 Å². The standard InChI is InChI=1S/C13H20N/c1-12-7-6-8-13(11-12)14(2)9-4-3-5-10-14/h6-8,11H,3-5,9-10H2,1-2H3/q+1. The number of hydrogen-bond donors (Lipinski definition) is 0. The lowest BCUT2D eigenvalue weighted by atomic mass is 10.1. The quantitative estimate of drug-likeness (QED) is 0.597. The fourth-order valence-electron chi connectivity index (χ4n) is 2.43. The van der Waals surface area contributed by atoms with Crippen molar-refractivity contribution in [2.45, 2.75) is 26.2 Å². The number of piperidine rings is 1. The van der Waals surface area contributed by atoms with Crippen molar-refractivity contribution >= 4 is 5.69 Å². The zero-order valence-corrected chi connectivity index (χ0v) is 9.29. The molecule has 0 spiro atoms. The first-order chi connectivity index (χ1) is 6.71. The summed E-state index contributed by atoms with van der Waals surface area (Å²) in [6, 6.07) is 8.98. The van der Waals surface area contributed by atoms with Crippen LogP contribution in [0.25, 0.3) is 0 Å². The maximum absolute atomic E-state index is 2.37. The number of benzene rings is 1. The second-order valence-corrected chi connectivity index (χ2v) is 4.74. The van der Waals surface area contributed by atoms with Gasteiger partial charge in [0.2, 0.25) is 0 Å². The van der Waals surface area contributed by atoms with E-state index in [9.17, 15) is 0 Å². The Labute approximate surface area is 86.9 Å². The SMILES string of the molecule is Cc1cccc([N+]2(C)CCCCC2)c1. The van der Waals surface area contributed by atoms with Crippen LogP contribution in [-0.4, -0.2) is 20.1 Å². The van der Waals surface area contributed by atoms with Crippen molar-refractivity contribution in [3.8, 4) is 0 Å². The average Bonchev–Trinajstić information content (AvgIpc) is 2.19. The molecule has 0 atom stereocenters. The monoisotopic (exact) mass is 190 g/mol. The summed E-state index contributed by atoms with van der Waals surface area (Å²) in [7, 11) is 2.37. The van der Waals surface area contributed by atoms with Crippen LogP contribution in [0.15, 0.2) is 24.3 Å². The molecular formula is C13H20N+. The van der Waals surface area contributed by atoms with Crippen molar-refractivity contribution in [1.82, 2.24) is 4.48 Å². The van der Waals surface area contributed by atoms with E-state index in [-0.39, 0.29) is 0 Å². The summed E-state index contributed by atoms with van der Waals surface area (Å²) in [6.45, 7) is 4.80. The van der Waals surface area contributed by atoms with Crippen molar-refractivity contribution in [2.24, 2.45) is 0 Å². The summed E-state index contributed by atoms with van der Waals surface area (Å²) in [4.78, 5) is 0. The molecule has 0 aliphatic carbocycles. The number of aryl methyl sites for hydroxylation is 1. The molecule has 2 rings (SSSR count). The predicted octanol–water partition coefficient (Wildman–Crippen LogP) is 3.12. The highest BCUT2D eigenvalue weighted by Gasteiger charge is 2.27. The molecule has 14 heavy (non-hydrogen) atoms. The van der Waals surface area contributed by atoms with Crippen LogP contribution < -0.4 is 4.48 Å². The van der Waals surface area contributed by atoms with Crippen LogP contribution >= 0.6 is 0 Å². The molecule has 0 radical (unpaired) electrons. The summed E-state index contributed by atoms with van der Waals surface area (Å²) in [6.07, 6.45) is 4.18. The summed E-state index contributed by atoms with van der Waals surface area (Å²) in [5, 5.41) is 0. The molecule has 1 aliphatic heterocycles. The number of rotatable bonds is 1. The molecule has 76 valence electrons. The Balaban J connectivity index is 2.28. The van der Waals surface area contributed by atoms with Gasteiger partial charge in [0.1, 0.15) is 5.69 Å². The van der Waals surface area contributed by atoms with E-state index >= 15 is 0 Å². The first-order valence-corrected chi connectivity index (χ1v) is 5.62. The number of likely N-dealkylation sites (tertiary alicyclic amines) is 1. The van der Waals surface area contributed by atoms with Gasteiger partial charge < -0.3 is 0 Å². The highest BCUT2D eigenvalue weighted by atomic mass is 15.3. The minimum absolute atomic E-state index is 1.14. The summed E-state index contributed by atoms with van der Waals surface area (Å²) in [5.41, 5.74) is 2.87. The topological polar surface area (TPSA) is 0 Å². The zero-order valence-electron chi connectivity index (χ0n) is 9.29. The molecule has 1 fully saturated rings. The van der Waals surface area contributed by atoms with Gasteiger partial charge >= 0.3 is 0 Å². The van der Waals surface area contributed by atoms with E-state index in [1.54, 1.807) is 0 Å². The summed E-state index contributed by atoms with van der Waals surface area (Å²) in [5.74, 6) is 0. The van der Waals surface area contributed by atoms with Gasteiger partial charge in [-0.1, -0.05) is 12.1 Å². The fraction of sp³-hybridized carbons (Fsp3) is 0.538. The molecule has 0 N–H and O–H groups in total. The van der Waals surface area contributed by atoms with Crippen molar-refractivity contribution in [3.63, 3.8) is 0 Å². The van der Waals surface area contributed by atoms with Gasteiger partial charge in [0.15, 0.2) is 0 Å². The first kappa shape index (κ1) is 9.72. The Bertz CT molecular complexity index is 311. The smallest absolute Gasteiger partial charge is 0.132 e. The summed E-state index contributed by atoms with van der Waals surface area (Å²) >= 11 is 0. The van der Waals surface area contributed by atoms with Gasteiger partial charge in [0.05, 0.1) is 20.1 Å². The molecule has 1 heterocycles. The van der Waals surface area contributed by atoms with Crippen LogP contribution in [0.1, 0.15) is 24.8 Å². The molecule has 0 saturated carbocycles. The second-order valence-electron chi connectivity index (χ2n) is 4.74. The Morgan fingerprint density at radius 3 is 2.43 bits per heavy atom. The molecule has 1 saturated heterocycles. The molecule has 1 aromatic carbocycles. The van der Waals surface area contributed by atoms with E-state index in [0.29, 0.717) is 0 Å². The fourth-order valence-corrected chi connectivity index (χ4v) is 2.43. The molecular weight excluding hydrogens is 170 g/mol. The van der Waals surface area contributed by atoms with E-state index < -0.39 is 0 Å². The van der Waals surface area contributed by atoms with E-state index in [0.717, 1.165) is 4.48 Å². The molecule has 1 aromatic rings. The van der Waals surface area contributed by atoms with Crippen LogP contribution in [0.5, 0.6) is 0 Å². The van der Waals surface area contributed by atoms with Crippen LogP contribution in [0.4, 0.5) is 5.69 Å². The first-order valence-electron chi connectivity index (χ1n) is 5.62. The van der Waals surface area contributed by atoms with Gasteiger partial charge in [-0.15, -0.1) is 0 Å². The Kier molecular flexibility index (Phi) is 2.60. The third-order valence-electron chi connectivity index (χ3n) is 3.43. The molecule has 0 aromatic heterocycles. The third-order valence-corrected chi connectivity index (χ3v) is 3.43. The van der Waals surface area contributed by atoms with E-state index in [1.165, 1.54) is 43.6 Å². The van der Waals surface area contributed by atoms with Crippen molar-refractivity contribution in [3.05, 3.63) is 29.8 Å². The predicted molar refractivity (Wildman–Crippen MR) is 62.5 cm³/mol. The lowest BCUT2D eigenvalue weighted by molar-refractivity contribution is 0.274. The molecule has 0 bridgehead atoms. The molecule has 0 unspecified atom stereocenters. The number of hydrogen-bond acceptors (Lipinski definition) is 0. The van der Waals surface area contributed by atoms with E-state index in [1.807, 2.05) is 0 Å². The van der Waals surface area contributed by atoms with Crippen molar-refractivity contribution < 1.29 is 0 Å². The molecule has 1 aliphatic rings. The largest absolute Gasteiger partial charge is 0.294 e. The number of quaternary nitrogens is 1. The van der Waals surface area contributed by atoms with Gasteiger partial charge in [0, 0.05) is 6.07 Å². The Hall–Kier alpha value is -0.820. The van der Waals surface area contributed by atoms with Crippen LogP contribution in [-0.2, 0) is 0 Å². The summed E-state index contributed by atoms with van der Waals surface area (Å²) < 4.78 is 1.14. The van der Waals surface area contributed by atoms with Crippen LogP contribution in [0, 0.1) is 6.92 Å². The third kappa shape index (κ3) is 1.83. The highest BCUT2D eigenvalue weighted by molar-refractivity contribution is 5.44. The van der Waals surface area contributed by atoms with Crippen LogP contribution in [0.3, 0.4) is 0 Å². The van der Waals surface area contributed by atoms with E-state index in [4.69, 9.17) is 0 Å². The van der Waals surface area contributed by atoms with Crippen molar-refractivity contribution in [2.75, 3.05) is 20.1 Å². The molecule has 1 nitrogen and oxygen atoms in total. The van der Waals surface area contributed by atoms with Gasteiger partial charge in [-0.05, 0) is 37.8 Å². The lowest BCUT2D eigenvalue weighted by Gasteiger charge is -2.37. The highest BCUT2D eigenvalue weighted by Crippen LogP contribution is 2.26. The maximum atomic E-state index is 2.37. The Morgan fingerprint density at radius 1 is 1.07 bits per heavy atom. The minimum Gasteiger partial charge on any atom is -0.294 e. The number of nitrogens with zero attached hydrogens (tertiary/aromatic N) is 1. The molecule has 0 amide bonds. The second kappa shape index (κ2) is 3.74. The average molecular weight is 190 g/mol. The minimum atomic E-state index is 1.14. The van der Waals surface area contributed by atoms with Crippen molar-refractivity contribution in [1.29, 1.82) is 0 Å². The lowest BCUT2D eigenvalue weighted by Crippen LogP contribution is -2.48. The molecule has 1 heteroatoms. The Morgan fingerprint density at radius 2 is 1.79 bits per heavy atom. The maximum Gasteiger partial charge on any atom is 0.132 e. The van der Waals surface area contributed by atoms with Crippen LogP contribution in [0.2, 0.25) is 0 Å². The van der Waals surface area contributed by atoms with Gasteiger partial charge in [-0.3, -0.25) is 4.48 Å². The van der Waals surface area contributed by atoms with Gasteiger partial charge in [-0.25, -0.2) is 0 Å². The zero-order chi connectivity index (χ0) is 10.0.